The average Bonchev–Trinajstić information content (AvgIpc) is 2.29. The van der Waals surface area contributed by atoms with Crippen LogP contribution >= 0.6 is 0 Å². The Morgan fingerprint density at radius 1 is 1.44 bits per heavy atom. The number of hydrogen-bond acceptors (Lipinski definition) is 4. The Bertz CT molecular complexity index is 373. The Morgan fingerprint density at radius 2 is 2.19 bits per heavy atom. The number of pyridine rings is 1. The highest BCUT2D eigenvalue weighted by molar-refractivity contribution is 5.94. The summed E-state index contributed by atoms with van der Waals surface area (Å²) in [5, 5.41) is 2.60. The molecule has 0 saturated carbocycles. The van der Waals surface area contributed by atoms with E-state index in [4.69, 9.17) is 0 Å². The largest absolute Gasteiger partial charge is 0.469 e. The first kappa shape index (κ1) is 12.2. The van der Waals surface area contributed by atoms with E-state index in [1.807, 2.05) is 6.92 Å². The zero-order valence-corrected chi connectivity index (χ0v) is 9.32. The second-order valence-corrected chi connectivity index (χ2v) is 3.27. The van der Waals surface area contributed by atoms with Crippen molar-refractivity contribution in [2.24, 2.45) is 0 Å². The number of esters is 1. The van der Waals surface area contributed by atoms with E-state index in [-0.39, 0.29) is 24.8 Å². The van der Waals surface area contributed by atoms with Gasteiger partial charge in [-0.2, -0.15) is 0 Å². The van der Waals surface area contributed by atoms with E-state index >= 15 is 0 Å². The number of aromatic nitrogens is 1. The molecule has 0 aliphatic heterocycles. The monoisotopic (exact) mass is 222 g/mol. The molecule has 1 heterocycles. The van der Waals surface area contributed by atoms with E-state index in [1.54, 1.807) is 12.1 Å². The summed E-state index contributed by atoms with van der Waals surface area (Å²) in [5.41, 5.74) is 1.33. The topological polar surface area (TPSA) is 68.3 Å². The van der Waals surface area contributed by atoms with Gasteiger partial charge in [-0.05, 0) is 19.1 Å². The van der Waals surface area contributed by atoms with Crippen LogP contribution in [-0.4, -0.2) is 30.5 Å². The number of amides is 1. The molecule has 0 unspecified atom stereocenters. The number of carbonyl (C=O) groups excluding carboxylic acids is 2. The molecule has 0 saturated heterocycles. The van der Waals surface area contributed by atoms with Gasteiger partial charge in [0.1, 0.15) is 0 Å². The third-order valence-corrected chi connectivity index (χ3v) is 2.02. The zero-order chi connectivity index (χ0) is 12.0. The fourth-order valence-corrected chi connectivity index (χ4v) is 1.08. The van der Waals surface area contributed by atoms with Crippen LogP contribution in [0.5, 0.6) is 0 Å². The molecule has 0 aromatic carbocycles. The number of ether oxygens (including phenoxy) is 1. The number of nitrogens with zero attached hydrogens (tertiary/aromatic N) is 1. The fourth-order valence-electron chi connectivity index (χ4n) is 1.08. The molecule has 0 fully saturated rings. The highest BCUT2D eigenvalue weighted by atomic mass is 16.5. The van der Waals surface area contributed by atoms with Crippen LogP contribution in [0, 0.1) is 6.92 Å². The van der Waals surface area contributed by atoms with Crippen molar-refractivity contribution in [3.8, 4) is 0 Å². The molecule has 0 atom stereocenters. The predicted molar refractivity (Wildman–Crippen MR) is 57.9 cm³/mol. The van der Waals surface area contributed by atoms with Gasteiger partial charge in [0, 0.05) is 18.4 Å². The second-order valence-electron chi connectivity index (χ2n) is 3.27. The molecule has 0 radical (unpaired) electrons. The molecular weight excluding hydrogens is 208 g/mol. The molecule has 16 heavy (non-hydrogen) atoms. The van der Waals surface area contributed by atoms with Crippen molar-refractivity contribution in [1.82, 2.24) is 10.3 Å². The minimum Gasteiger partial charge on any atom is -0.469 e. The van der Waals surface area contributed by atoms with Crippen LogP contribution in [0.2, 0.25) is 0 Å². The Hall–Kier alpha value is -1.91. The number of carbonyl (C=O) groups is 2. The van der Waals surface area contributed by atoms with Crippen LogP contribution in [0.25, 0.3) is 0 Å². The minimum absolute atomic E-state index is 0.168. The van der Waals surface area contributed by atoms with Crippen molar-refractivity contribution in [2.75, 3.05) is 13.7 Å². The zero-order valence-electron chi connectivity index (χ0n) is 9.32. The van der Waals surface area contributed by atoms with Gasteiger partial charge in [0.25, 0.3) is 5.91 Å². The van der Waals surface area contributed by atoms with Gasteiger partial charge >= 0.3 is 5.97 Å². The van der Waals surface area contributed by atoms with E-state index in [0.29, 0.717) is 5.56 Å². The lowest BCUT2D eigenvalue weighted by molar-refractivity contribution is -0.140. The number of rotatable bonds is 4. The standard InChI is InChI=1S/C11H14N2O3/c1-8-3-4-9(7-13-8)11(15)12-6-5-10(14)16-2/h3-4,7H,5-6H2,1-2H3,(H,12,15). The molecule has 1 amide bonds. The summed E-state index contributed by atoms with van der Waals surface area (Å²) in [6, 6.07) is 3.45. The van der Waals surface area contributed by atoms with Gasteiger partial charge < -0.3 is 10.1 Å². The predicted octanol–water partition coefficient (Wildman–Crippen LogP) is 0.683. The number of nitrogens with one attached hydrogen (secondary N) is 1. The van der Waals surface area contributed by atoms with Gasteiger partial charge in [0.2, 0.25) is 0 Å². The maximum atomic E-state index is 11.5. The quantitative estimate of drug-likeness (QED) is 0.761. The van der Waals surface area contributed by atoms with Gasteiger partial charge in [-0.1, -0.05) is 0 Å². The Balaban J connectivity index is 2.41. The molecule has 1 aromatic heterocycles. The highest BCUT2D eigenvalue weighted by Gasteiger charge is 2.06. The fraction of sp³-hybridized carbons (Fsp3) is 0.364. The van der Waals surface area contributed by atoms with Gasteiger partial charge in [0.05, 0.1) is 19.1 Å². The summed E-state index contributed by atoms with van der Waals surface area (Å²) in [7, 11) is 1.31. The summed E-state index contributed by atoms with van der Waals surface area (Å²) >= 11 is 0. The lowest BCUT2D eigenvalue weighted by atomic mass is 10.2. The smallest absolute Gasteiger partial charge is 0.307 e. The van der Waals surface area contributed by atoms with Crippen molar-refractivity contribution in [3.63, 3.8) is 0 Å². The average molecular weight is 222 g/mol. The highest BCUT2D eigenvalue weighted by Crippen LogP contribution is 1.98. The molecule has 1 aromatic rings. The van der Waals surface area contributed by atoms with Crippen molar-refractivity contribution in [1.29, 1.82) is 0 Å². The van der Waals surface area contributed by atoms with Gasteiger partial charge in [-0.25, -0.2) is 0 Å². The summed E-state index contributed by atoms with van der Waals surface area (Å²) in [5.74, 6) is -0.585. The Kier molecular flexibility index (Phi) is 4.44. The second kappa shape index (κ2) is 5.85. The molecule has 5 heteroatoms. The molecule has 0 bridgehead atoms. The van der Waals surface area contributed by atoms with E-state index in [1.165, 1.54) is 13.3 Å². The first-order chi connectivity index (χ1) is 7.63. The van der Waals surface area contributed by atoms with Crippen molar-refractivity contribution >= 4 is 11.9 Å². The molecule has 0 aliphatic carbocycles. The molecule has 86 valence electrons. The Morgan fingerprint density at radius 3 is 2.75 bits per heavy atom. The molecular formula is C11H14N2O3. The number of aryl methyl sites for hydroxylation is 1. The van der Waals surface area contributed by atoms with E-state index in [0.717, 1.165) is 5.69 Å². The summed E-state index contributed by atoms with van der Waals surface area (Å²) in [4.78, 5) is 26.3. The van der Waals surface area contributed by atoms with Crippen LogP contribution in [0.4, 0.5) is 0 Å². The minimum atomic E-state index is -0.345. The van der Waals surface area contributed by atoms with E-state index in [2.05, 4.69) is 15.0 Å². The van der Waals surface area contributed by atoms with E-state index < -0.39 is 0 Å². The maximum Gasteiger partial charge on any atom is 0.307 e. The van der Waals surface area contributed by atoms with Crippen LogP contribution in [0.1, 0.15) is 22.5 Å². The molecule has 0 spiro atoms. The van der Waals surface area contributed by atoms with Crippen molar-refractivity contribution < 1.29 is 14.3 Å². The summed E-state index contributed by atoms with van der Waals surface area (Å²) in [6.07, 6.45) is 1.67. The molecule has 1 rings (SSSR count). The van der Waals surface area contributed by atoms with Gasteiger partial charge in [-0.15, -0.1) is 0 Å². The maximum absolute atomic E-state index is 11.5. The number of methoxy groups -OCH3 is 1. The van der Waals surface area contributed by atoms with E-state index in [9.17, 15) is 9.59 Å². The third kappa shape index (κ3) is 3.68. The van der Waals surface area contributed by atoms with Crippen LogP contribution in [-0.2, 0) is 9.53 Å². The summed E-state index contributed by atoms with van der Waals surface area (Å²) < 4.78 is 4.45. The lowest BCUT2D eigenvalue weighted by Gasteiger charge is -2.04. The van der Waals surface area contributed by atoms with Crippen molar-refractivity contribution in [2.45, 2.75) is 13.3 Å². The van der Waals surface area contributed by atoms with Crippen LogP contribution < -0.4 is 5.32 Å². The summed E-state index contributed by atoms with van der Waals surface area (Å²) in [6.45, 7) is 2.11. The first-order valence-electron chi connectivity index (χ1n) is 4.91. The molecule has 1 N–H and O–H groups in total. The SMILES string of the molecule is COC(=O)CCNC(=O)c1ccc(C)nc1. The third-order valence-electron chi connectivity index (χ3n) is 2.02. The normalized spacial score (nSPS) is 9.62. The van der Waals surface area contributed by atoms with Crippen molar-refractivity contribution in [3.05, 3.63) is 29.6 Å². The van der Waals surface area contributed by atoms with Crippen LogP contribution in [0.15, 0.2) is 18.3 Å². The van der Waals surface area contributed by atoms with Gasteiger partial charge in [-0.3, -0.25) is 14.6 Å². The van der Waals surface area contributed by atoms with Gasteiger partial charge in [0.15, 0.2) is 0 Å². The molecule has 0 aliphatic rings. The van der Waals surface area contributed by atoms with Crippen LogP contribution in [0.3, 0.4) is 0 Å². The molecule has 5 nitrogen and oxygen atoms in total. The Labute approximate surface area is 93.8 Å². The number of hydrogen-bond donors (Lipinski definition) is 1. The first-order valence-corrected chi connectivity index (χ1v) is 4.91. The lowest BCUT2D eigenvalue weighted by Crippen LogP contribution is -2.26.